The minimum atomic E-state index is -1.07. The molecule has 4 heteroatoms. The summed E-state index contributed by atoms with van der Waals surface area (Å²) in [6, 6.07) is 11.9. The van der Waals surface area contributed by atoms with Gasteiger partial charge < -0.3 is 5.11 Å². The van der Waals surface area contributed by atoms with Crippen molar-refractivity contribution in [2.45, 2.75) is 6.10 Å². The van der Waals surface area contributed by atoms with Gasteiger partial charge in [-0.25, -0.2) is 4.39 Å². The minimum absolute atomic E-state index is 0.00320. The number of fused-ring (bicyclic) bond motifs is 1. The Balaban J connectivity index is 2.18. The summed E-state index contributed by atoms with van der Waals surface area (Å²) in [5, 5.41) is 12.2. The van der Waals surface area contributed by atoms with Gasteiger partial charge in [-0.3, -0.25) is 4.98 Å². The summed E-state index contributed by atoms with van der Waals surface area (Å²) in [6.07, 6.45) is 2.28. The van der Waals surface area contributed by atoms with Crippen molar-refractivity contribution in [3.8, 4) is 0 Å². The lowest BCUT2D eigenvalue weighted by Gasteiger charge is -2.15. The van der Waals surface area contributed by atoms with Gasteiger partial charge in [0.25, 0.3) is 0 Å². The van der Waals surface area contributed by atoms with Gasteiger partial charge in [-0.05, 0) is 23.1 Å². The zero-order valence-electron chi connectivity index (χ0n) is 10.4. The van der Waals surface area contributed by atoms with E-state index in [0.29, 0.717) is 5.56 Å². The van der Waals surface area contributed by atoms with Crippen LogP contribution < -0.4 is 0 Å². The third kappa shape index (κ3) is 2.15. The molecule has 20 heavy (non-hydrogen) atoms. The van der Waals surface area contributed by atoms with Gasteiger partial charge in [-0.1, -0.05) is 41.9 Å². The average molecular weight is 288 g/mol. The predicted molar refractivity (Wildman–Crippen MR) is 77.2 cm³/mol. The summed E-state index contributed by atoms with van der Waals surface area (Å²) in [5.74, 6) is -0.590. The highest BCUT2D eigenvalue weighted by molar-refractivity contribution is 6.30. The zero-order valence-corrected chi connectivity index (χ0v) is 11.2. The highest BCUT2D eigenvalue weighted by Crippen LogP contribution is 2.31. The Morgan fingerprint density at radius 1 is 1.05 bits per heavy atom. The monoisotopic (exact) mass is 287 g/mol. The summed E-state index contributed by atoms with van der Waals surface area (Å²) in [5.41, 5.74) is 0.799. The van der Waals surface area contributed by atoms with E-state index in [1.165, 1.54) is 12.1 Å². The Labute approximate surface area is 120 Å². The molecule has 3 aromatic rings. The van der Waals surface area contributed by atoms with E-state index in [-0.39, 0.29) is 10.6 Å². The molecular weight excluding hydrogens is 277 g/mol. The van der Waals surface area contributed by atoms with Crippen molar-refractivity contribution in [1.29, 1.82) is 0 Å². The van der Waals surface area contributed by atoms with Crippen molar-refractivity contribution in [2.24, 2.45) is 0 Å². The molecule has 0 saturated heterocycles. The fourth-order valence-electron chi connectivity index (χ4n) is 2.29. The lowest BCUT2D eigenvalue weighted by atomic mass is 9.96. The van der Waals surface area contributed by atoms with Crippen LogP contribution in [0.5, 0.6) is 0 Å². The third-order valence-corrected chi connectivity index (χ3v) is 3.58. The number of pyridine rings is 1. The Morgan fingerprint density at radius 3 is 2.65 bits per heavy atom. The molecule has 0 fully saturated rings. The van der Waals surface area contributed by atoms with E-state index in [4.69, 9.17) is 11.6 Å². The Hall–Kier alpha value is -1.97. The fraction of sp³-hybridized carbons (Fsp3) is 0.0625. The van der Waals surface area contributed by atoms with Crippen molar-refractivity contribution >= 4 is 22.4 Å². The van der Waals surface area contributed by atoms with Crippen molar-refractivity contribution in [3.05, 3.63) is 76.8 Å². The molecule has 1 atom stereocenters. The molecule has 1 heterocycles. The second kappa shape index (κ2) is 5.19. The maximum Gasteiger partial charge on any atom is 0.147 e. The molecule has 1 aromatic heterocycles. The second-order valence-corrected chi connectivity index (χ2v) is 4.90. The van der Waals surface area contributed by atoms with E-state index in [0.717, 1.165) is 10.8 Å². The van der Waals surface area contributed by atoms with Crippen LogP contribution in [0.4, 0.5) is 4.39 Å². The number of aromatic nitrogens is 1. The lowest BCUT2D eigenvalue weighted by molar-refractivity contribution is 0.216. The molecule has 1 unspecified atom stereocenters. The van der Waals surface area contributed by atoms with Gasteiger partial charge in [-0.15, -0.1) is 0 Å². The van der Waals surface area contributed by atoms with Crippen molar-refractivity contribution in [3.63, 3.8) is 0 Å². The first-order valence-electron chi connectivity index (χ1n) is 6.13. The van der Waals surface area contributed by atoms with Gasteiger partial charge in [0.15, 0.2) is 0 Å². The molecule has 0 aliphatic heterocycles. The van der Waals surface area contributed by atoms with E-state index < -0.39 is 11.9 Å². The first kappa shape index (κ1) is 13.0. The highest BCUT2D eigenvalue weighted by Gasteiger charge is 2.18. The molecule has 1 N–H and O–H groups in total. The van der Waals surface area contributed by atoms with Crippen LogP contribution in [0.2, 0.25) is 5.02 Å². The van der Waals surface area contributed by atoms with E-state index in [9.17, 15) is 9.50 Å². The van der Waals surface area contributed by atoms with Crippen LogP contribution in [-0.2, 0) is 0 Å². The number of hydrogen-bond donors (Lipinski definition) is 1. The van der Waals surface area contributed by atoms with Gasteiger partial charge >= 0.3 is 0 Å². The first-order valence-corrected chi connectivity index (χ1v) is 6.51. The molecule has 0 spiro atoms. The number of benzene rings is 2. The molecule has 0 aliphatic carbocycles. The largest absolute Gasteiger partial charge is 0.384 e. The van der Waals surface area contributed by atoms with Gasteiger partial charge in [-0.2, -0.15) is 0 Å². The van der Waals surface area contributed by atoms with E-state index in [2.05, 4.69) is 4.98 Å². The molecule has 100 valence electrons. The summed E-state index contributed by atoms with van der Waals surface area (Å²) >= 11 is 5.77. The molecule has 2 aromatic carbocycles. The molecule has 0 aliphatic rings. The van der Waals surface area contributed by atoms with E-state index >= 15 is 0 Å². The molecule has 3 rings (SSSR count). The van der Waals surface area contributed by atoms with Gasteiger partial charge in [0, 0.05) is 23.3 Å². The van der Waals surface area contributed by atoms with Crippen LogP contribution in [0.1, 0.15) is 17.2 Å². The van der Waals surface area contributed by atoms with E-state index in [1.54, 1.807) is 30.6 Å². The Morgan fingerprint density at radius 2 is 1.80 bits per heavy atom. The topological polar surface area (TPSA) is 33.1 Å². The average Bonchev–Trinajstić information content (AvgIpc) is 2.49. The lowest BCUT2D eigenvalue weighted by Crippen LogP contribution is -2.03. The maximum absolute atomic E-state index is 14.0. The number of aliphatic hydroxyl groups is 1. The minimum Gasteiger partial charge on any atom is -0.384 e. The van der Waals surface area contributed by atoms with Crippen LogP contribution in [0.25, 0.3) is 10.8 Å². The predicted octanol–water partition coefficient (Wildman–Crippen LogP) is 4.11. The van der Waals surface area contributed by atoms with E-state index in [1.807, 2.05) is 12.1 Å². The highest BCUT2D eigenvalue weighted by atomic mass is 35.5. The number of halogens is 2. The SMILES string of the molecule is OC(c1cccc(Cl)c1F)c1cccc2cnccc12. The normalized spacial score (nSPS) is 12.6. The molecule has 0 saturated carbocycles. The first-order chi connectivity index (χ1) is 9.68. The molecule has 0 radical (unpaired) electrons. The molecule has 0 bridgehead atoms. The standard InChI is InChI=1S/C16H11ClFNO/c17-14-6-2-5-13(15(14)18)16(20)12-4-1-3-10-9-19-8-7-11(10)12/h1-9,16,20H. The van der Waals surface area contributed by atoms with Crippen LogP contribution in [0, 0.1) is 5.82 Å². The van der Waals surface area contributed by atoms with Gasteiger partial charge in [0.1, 0.15) is 11.9 Å². The number of aliphatic hydroxyl groups excluding tert-OH is 1. The molecular formula is C16H11ClFNO. The van der Waals surface area contributed by atoms with Crippen molar-refractivity contribution in [1.82, 2.24) is 4.98 Å². The van der Waals surface area contributed by atoms with Crippen LogP contribution in [0.3, 0.4) is 0 Å². The summed E-state index contributed by atoms with van der Waals surface area (Å²) in [7, 11) is 0. The van der Waals surface area contributed by atoms with Gasteiger partial charge in [0.2, 0.25) is 0 Å². The summed E-state index contributed by atoms with van der Waals surface area (Å²) < 4.78 is 14.0. The summed E-state index contributed by atoms with van der Waals surface area (Å²) in [4.78, 5) is 4.04. The smallest absolute Gasteiger partial charge is 0.147 e. The number of nitrogens with zero attached hydrogens (tertiary/aromatic N) is 1. The second-order valence-electron chi connectivity index (χ2n) is 4.49. The zero-order chi connectivity index (χ0) is 14.1. The maximum atomic E-state index is 14.0. The van der Waals surface area contributed by atoms with Gasteiger partial charge in [0.05, 0.1) is 5.02 Å². The molecule has 0 amide bonds. The van der Waals surface area contributed by atoms with Crippen LogP contribution in [-0.4, -0.2) is 10.1 Å². The fourth-order valence-corrected chi connectivity index (χ4v) is 2.47. The van der Waals surface area contributed by atoms with Crippen LogP contribution in [0.15, 0.2) is 54.9 Å². The molecule has 2 nitrogen and oxygen atoms in total. The van der Waals surface area contributed by atoms with Crippen molar-refractivity contribution < 1.29 is 9.50 Å². The van der Waals surface area contributed by atoms with Crippen molar-refractivity contribution in [2.75, 3.05) is 0 Å². The number of hydrogen-bond acceptors (Lipinski definition) is 2. The summed E-state index contributed by atoms with van der Waals surface area (Å²) in [6.45, 7) is 0. The Kier molecular flexibility index (Phi) is 3.38. The van der Waals surface area contributed by atoms with Crippen LogP contribution >= 0.6 is 11.6 Å². The third-order valence-electron chi connectivity index (χ3n) is 3.29. The quantitative estimate of drug-likeness (QED) is 0.769. The number of rotatable bonds is 2. The Bertz CT molecular complexity index is 770.